The lowest BCUT2D eigenvalue weighted by atomic mass is 10.2. The second kappa shape index (κ2) is 5.15. The van der Waals surface area contributed by atoms with Crippen LogP contribution < -0.4 is 14.2 Å². The topological polar surface area (TPSA) is 87.9 Å². The number of nitro benzene ring substituents is 1. The van der Waals surface area contributed by atoms with Crippen molar-refractivity contribution in [2.45, 2.75) is 6.92 Å². The van der Waals surface area contributed by atoms with Gasteiger partial charge in [-0.3, -0.25) is 14.9 Å². The van der Waals surface area contributed by atoms with E-state index in [4.69, 9.17) is 14.2 Å². The average Bonchev–Trinajstić information content (AvgIpc) is 2.26. The number of carbonyl (C=O) groups is 1. The maximum atomic E-state index is 10.9. The predicted octanol–water partition coefficient (Wildman–Crippen LogP) is 1.54. The molecule has 0 bridgehead atoms. The highest BCUT2D eigenvalue weighted by atomic mass is 16.6. The normalized spacial score (nSPS) is 9.59. The molecule has 1 aromatic rings. The fourth-order valence-electron chi connectivity index (χ4n) is 1.24. The zero-order valence-electron chi connectivity index (χ0n) is 9.55. The van der Waals surface area contributed by atoms with Gasteiger partial charge in [-0.1, -0.05) is 0 Å². The Balaban J connectivity index is 3.40. The van der Waals surface area contributed by atoms with Gasteiger partial charge in [0.05, 0.1) is 19.1 Å². The fourth-order valence-corrected chi connectivity index (χ4v) is 1.24. The molecule has 0 atom stereocenters. The molecule has 7 heteroatoms. The first-order valence-corrected chi connectivity index (χ1v) is 4.58. The zero-order valence-corrected chi connectivity index (χ0v) is 9.55. The number of hydrogen-bond acceptors (Lipinski definition) is 6. The largest absolute Gasteiger partial charge is 0.496 e. The number of nitro groups is 1. The first kappa shape index (κ1) is 12.8. The maximum absolute atomic E-state index is 10.9. The van der Waals surface area contributed by atoms with Crippen molar-refractivity contribution in [2.24, 2.45) is 0 Å². The fraction of sp³-hybridized carbons (Fsp3) is 0.300. The third-order valence-corrected chi connectivity index (χ3v) is 1.91. The lowest BCUT2D eigenvalue weighted by molar-refractivity contribution is -0.386. The molecule has 0 aliphatic carbocycles. The van der Waals surface area contributed by atoms with E-state index in [1.165, 1.54) is 26.4 Å². The molecule has 7 nitrogen and oxygen atoms in total. The van der Waals surface area contributed by atoms with E-state index in [1.54, 1.807) is 0 Å². The summed E-state index contributed by atoms with van der Waals surface area (Å²) in [5, 5.41) is 10.9. The standard InChI is InChI=1S/C10H11NO6/c1-6(12)17-9-5-7(15-2)4-8(16-3)10(9)11(13)14/h4-5H,1-3H3. The van der Waals surface area contributed by atoms with Gasteiger partial charge in [0.2, 0.25) is 11.5 Å². The number of benzene rings is 1. The number of nitrogens with zero attached hydrogens (tertiary/aromatic N) is 1. The predicted molar refractivity (Wildman–Crippen MR) is 57.5 cm³/mol. The van der Waals surface area contributed by atoms with E-state index in [2.05, 4.69) is 0 Å². The van der Waals surface area contributed by atoms with Gasteiger partial charge >= 0.3 is 11.7 Å². The van der Waals surface area contributed by atoms with E-state index in [9.17, 15) is 14.9 Å². The molecule has 0 saturated heterocycles. The first-order valence-electron chi connectivity index (χ1n) is 4.58. The second-order valence-corrected chi connectivity index (χ2v) is 3.03. The van der Waals surface area contributed by atoms with E-state index in [0.29, 0.717) is 5.75 Å². The third kappa shape index (κ3) is 2.83. The van der Waals surface area contributed by atoms with Crippen LogP contribution in [0.2, 0.25) is 0 Å². The van der Waals surface area contributed by atoms with Gasteiger partial charge in [0.15, 0.2) is 0 Å². The minimum Gasteiger partial charge on any atom is -0.496 e. The van der Waals surface area contributed by atoms with Crippen LogP contribution in [0.5, 0.6) is 17.2 Å². The van der Waals surface area contributed by atoms with Crippen LogP contribution in [0.1, 0.15) is 6.92 Å². The number of ether oxygens (including phenoxy) is 3. The highest BCUT2D eigenvalue weighted by Gasteiger charge is 2.25. The molecule has 17 heavy (non-hydrogen) atoms. The van der Waals surface area contributed by atoms with Crippen LogP contribution in [-0.2, 0) is 4.79 Å². The molecule has 0 spiro atoms. The Hall–Kier alpha value is -2.31. The highest BCUT2D eigenvalue weighted by Crippen LogP contribution is 2.40. The molecule has 0 aromatic heterocycles. The van der Waals surface area contributed by atoms with Crippen LogP contribution in [0.3, 0.4) is 0 Å². The van der Waals surface area contributed by atoms with Gasteiger partial charge in [-0.25, -0.2) is 0 Å². The molecular weight excluding hydrogens is 230 g/mol. The van der Waals surface area contributed by atoms with Crippen molar-refractivity contribution in [1.29, 1.82) is 0 Å². The van der Waals surface area contributed by atoms with Crippen LogP contribution in [0, 0.1) is 10.1 Å². The minimum absolute atomic E-state index is 0.0365. The van der Waals surface area contributed by atoms with Gasteiger partial charge in [-0.2, -0.15) is 0 Å². The molecule has 0 heterocycles. The summed E-state index contributed by atoms with van der Waals surface area (Å²) >= 11 is 0. The second-order valence-electron chi connectivity index (χ2n) is 3.03. The molecule has 92 valence electrons. The maximum Gasteiger partial charge on any atom is 0.353 e. The molecule has 0 N–H and O–H groups in total. The number of hydrogen-bond donors (Lipinski definition) is 0. The Morgan fingerprint density at radius 3 is 2.24 bits per heavy atom. The highest BCUT2D eigenvalue weighted by molar-refractivity contribution is 5.73. The Labute approximate surface area is 97.0 Å². The third-order valence-electron chi connectivity index (χ3n) is 1.91. The van der Waals surface area contributed by atoms with Crippen LogP contribution in [0.4, 0.5) is 5.69 Å². The molecule has 0 amide bonds. The van der Waals surface area contributed by atoms with Crippen LogP contribution in [-0.4, -0.2) is 25.1 Å². The van der Waals surface area contributed by atoms with Gasteiger partial charge < -0.3 is 14.2 Å². The quantitative estimate of drug-likeness (QED) is 0.344. The number of methoxy groups -OCH3 is 2. The van der Waals surface area contributed by atoms with E-state index in [1.807, 2.05) is 0 Å². The van der Waals surface area contributed by atoms with Crippen molar-refractivity contribution in [3.05, 3.63) is 22.2 Å². The first-order chi connectivity index (χ1) is 7.99. The SMILES string of the molecule is COc1cc(OC)c([N+](=O)[O-])c(OC(C)=O)c1. The van der Waals surface area contributed by atoms with Gasteiger partial charge in [0, 0.05) is 19.1 Å². The summed E-state index contributed by atoms with van der Waals surface area (Å²) in [6.07, 6.45) is 0. The summed E-state index contributed by atoms with van der Waals surface area (Å²) in [4.78, 5) is 21.1. The summed E-state index contributed by atoms with van der Waals surface area (Å²) in [5.41, 5.74) is -0.413. The number of carbonyl (C=O) groups excluding carboxylic acids is 1. The van der Waals surface area contributed by atoms with E-state index < -0.39 is 16.6 Å². The summed E-state index contributed by atoms with van der Waals surface area (Å²) in [6, 6.07) is 2.59. The van der Waals surface area contributed by atoms with Crippen molar-refractivity contribution in [3.63, 3.8) is 0 Å². The van der Waals surface area contributed by atoms with Crippen molar-refractivity contribution >= 4 is 11.7 Å². The summed E-state index contributed by atoms with van der Waals surface area (Å²) in [5.74, 6) is -0.614. The Bertz CT molecular complexity index is 456. The van der Waals surface area contributed by atoms with Crippen molar-refractivity contribution < 1.29 is 23.9 Å². The molecule has 0 saturated carbocycles. The molecule has 1 rings (SSSR count). The smallest absolute Gasteiger partial charge is 0.353 e. The van der Waals surface area contributed by atoms with E-state index in [0.717, 1.165) is 6.92 Å². The van der Waals surface area contributed by atoms with Gasteiger partial charge in [0.25, 0.3) is 0 Å². The van der Waals surface area contributed by atoms with Gasteiger partial charge in [-0.15, -0.1) is 0 Å². The Morgan fingerprint density at radius 1 is 1.24 bits per heavy atom. The zero-order chi connectivity index (χ0) is 13.0. The van der Waals surface area contributed by atoms with E-state index >= 15 is 0 Å². The van der Waals surface area contributed by atoms with Crippen LogP contribution >= 0.6 is 0 Å². The molecule has 0 aliphatic heterocycles. The van der Waals surface area contributed by atoms with Crippen molar-refractivity contribution in [1.82, 2.24) is 0 Å². The summed E-state index contributed by atoms with van der Waals surface area (Å²) in [7, 11) is 2.66. The Morgan fingerprint density at radius 2 is 1.82 bits per heavy atom. The monoisotopic (exact) mass is 241 g/mol. The summed E-state index contributed by atoms with van der Waals surface area (Å²) in [6.45, 7) is 1.15. The van der Waals surface area contributed by atoms with Crippen molar-refractivity contribution in [2.75, 3.05) is 14.2 Å². The van der Waals surface area contributed by atoms with Crippen LogP contribution in [0.15, 0.2) is 12.1 Å². The minimum atomic E-state index is -0.684. The van der Waals surface area contributed by atoms with Crippen LogP contribution in [0.25, 0.3) is 0 Å². The Kier molecular flexibility index (Phi) is 3.86. The van der Waals surface area contributed by atoms with Gasteiger partial charge in [-0.05, 0) is 0 Å². The average molecular weight is 241 g/mol. The van der Waals surface area contributed by atoms with E-state index in [-0.39, 0.29) is 11.5 Å². The molecule has 1 aromatic carbocycles. The molecule has 0 fully saturated rings. The number of rotatable bonds is 4. The molecule has 0 aliphatic rings. The lowest BCUT2D eigenvalue weighted by Crippen LogP contribution is -2.05. The summed E-state index contributed by atoms with van der Waals surface area (Å²) < 4.78 is 14.5. The lowest BCUT2D eigenvalue weighted by Gasteiger charge is -2.09. The number of esters is 1. The molecule has 0 unspecified atom stereocenters. The molecule has 0 radical (unpaired) electrons. The molecular formula is C10H11NO6. The van der Waals surface area contributed by atoms with Crippen molar-refractivity contribution in [3.8, 4) is 17.2 Å². The van der Waals surface area contributed by atoms with Gasteiger partial charge in [0.1, 0.15) is 5.75 Å².